The first-order chi connectivity index (χ1) is 15.2. The lowest BCUT2D eigenvalue weighted by Gasteiger charge is -2.40. The lowest BCUT2D eigenvalue weighted by molar-refractivity contribution is -0.126. The molecule has 2 aromatic carbocycles. The zero-order valence-corrected chi connectivity index (χ0v) is 20.2. The predicted molar refractivity (Wildman–Crippen MR) is 129 cm³/mol. The monoisotopic (exact) mass is 438 g/mol. The summed E-state index contributed by atoms with van der Waals surface area (Å²) in [6, 6.07) is 16.5. The van der Waals surface area contributed by atoms with Crippen molar-refractivity contribution in [2.75, 3.05) is 33.4 Å². The molecule has 0 aromatic heterocycles. The van der Waals surface area contributed by atoms with Crippen LogP contribution in [0.15, 0.2) is 48.5 Å². The van der Waals surface area contributed by atoms with E-state index in [0.717, 1.165) is 43.7 Å². The molecule has 1 fully saturated rings. The zero-order valence-electron chi connectivity index (χ0n) is 20.2. The van der Waals surface area contributed by atoms with Gasteiger partial charge in [0.05, 0.1) is 6.54 Å². The molecule has 0 bridgehead atoms. The minimum absolute atomic E-state index is 0.0716. The molecule has 1 aliphatic rings. The van der Waals surface area contributed by atoms with Gasteiger partial charge in [0.1, 0.15) is 18.0 Å². The van der Waals surface area contributed by atoms with Crippen molar-refractivity contribution < 1.29 is 14.3 Å². The fourth-order valence-corrected chi connectivity index (χ4v) is 4.47. The van der Waals surface area contributed by atoms with Crippen LogP contribution >= 0.6 is 0 Å². The molecule has 1 amide bonds. The molecule has 1 heterocycles. The second kappa shape index (κ2) is 10.5. The van der Waals surface area contributed by atoms with Gasteiger partial charge in [-0.3, -0.25) is 9.69 Å². The second-order valence-corrected chi connectivity index (χ2v) is 9.82. The maximum Gasteiger partial charge on any atom is 0.234 e. The van der Waals surface area contributed by atoms with Gasteiger partial charge in [-0.15, -0.1) is 0 Å². The molecule has 0 aliphatic carbocycles. The quantitative estimate of drug-likeness (QED) is 0.634. The average molecular weight is 439 g/mol. The van der Waals surface area contributed by atoms with E-state index in [2.05, 4.69) is 62.2 Å². The smallest absolute Gasteiger partial charge is 0.234 e. The van der Waals surface area contributed by atoms with Crippen molar-refractivity contribution in [1.82, 2.24) is 10.2 Å². The Hall–Kier alpha value is -2.37. The number of hydrogen-bond acceptors (Lipinski definition) is 4. The van der Waals surface area contributed by atoms with E-state index in [-0.39, 0.29) is 17.0 Å². The molecular weight excluding hydrogens is 400 g/mol. The van der Waals surface area contributed by atoms with E-state index in [1.165, 1.54) is 11.1 Å². The molecular formula is C27H38N2O3. The van der Waals surface area contributed by atoms with E-state index in [1.807, 2.05) is 24.3 Å². The van der Waals surface area contributed by atoms with Gasteiger partial charge in [-0.1, -0.05) is 48.0 Å². The Morgan fingerprint density at radius 3 is 2.41 bits per heavy atom. The molecule has 0 atom stereocenters. The SMILES string of the molecule is COC1(COc2ccc(C)cc2C)CCN(CC(=O)NC(C)(C)Cc2ccccc2)CC1. The van der Waals surface area contributed by atoms with Crippen LogP contribution in [0.2, 0.25) is 0 Å². The van der Waals surface area contributed by atoms with Gasteiger partial charge in [-0.05, 0) is 64.2 Å². The summed E-state index contributed by atoms with van der Waals surface area (Å²) in [6.07, 6.45) is 2.49. The van der Waals surface area contributed by atoms with Crippen LogP contribution in [0.5, 0.6) is 5.75 Å². The van der Waals surface area contributed by atoms with Gasteiger partial charge in [-0.25, -0.2) is 0 Å². The maximum absolute atomic E-state index is 12.7. The summed E-state index contributed by atoms with van der Waals surface area (Å²) >= 11 is 0. The van der Waals surface area contributed by atoms with Crippen LogP contribution in [-0.4, -0.2) is 55.3 Å². The Bertz CT molecular complexity index is 887. The summed E-state index contributed by atoms with van der Waals surface area (Å²) in [5.41, 5.74) is 3.00. The summed E-state index contributed by atoms with van der Waals surface area (Å²) in [6.45, 7) is 10.9. The molecule has 1 aliphatic heterocycles. The van der Waals surface area contributed by atoms with Crippen molar-refractivity contribution in [1.29, 1.82) is 0 Å². The van der Waals surface area contributed by atoms with E-state index in [1.54, 1.807) is 7.11 Å². The number of piperidine rings is 1. The summed E-state index contributed by atoms with van der Waals surface area (Å²) in [4.78, 5) is 14.9. The van der Waals surface area contributed by atoms with E-state index in [4.69, 9.17) is 9.47 Å². The van der Waals surface area contributed by atoms with Crippen molar-refractivity contribution in [3.05, 3.63) is 65.2 Å². The number of amides is 1. The first kappa shape index (κ1) is 24.3. The van der Waals surface area contributed by atoms with E-state index < -0.39 is 0 Å². The number of methoxy groups -OCH3 is 1. The van der Waals surface area contributed by atoms with Gasteiger partial charge in [0.2, 0.25) is 5.91 Å². The van der Waals surface area contributed by atoms with Crippen LogP contribution in [0.3, 0.4) is 0 Å². The number of aryl methyl sites for hydroxylation is 2. The van der Waals surface area contributed by atoms with Crippen molar-refractivity contribution in [3.63, 3.8) is 0 Å². The Morgan fingerprint density at radius 1 is 1.09 bits per heavy atom. The van der Waals surface area contributed by atoms with E-state index in [0.29, 0.717) is 13.2 Å². The Morgan fingerprint density at radius 2 is 1.78 bits per heavy atom. The molecule has 2 aromatic rings. The number of nitrogens with one attached hydrogen (secondary N) is 1. The third kappa shape index (κ3) is 6.81. The van der Waals surface area contributed by atoms with Gasteiger partial charge >= 0.3 is 0 Å². The molecule has 1 N–H and O–H groups in total. The number of likely N-dealkylation sites (tertiary alicyclic amines) is 1. The molecule has 0 saturated carbocycles. The van der Waals surface area contributed by atoms with Crippen LogP contribution in [0.25, 0.3) is 0 Å². The van der Waals surface area contributed by atoms with Gasteiger partial charge in [0.25, 0.3) is 0 Å². The van der Waals surface area contributed by atoms with Crippen molar-refractivity contribution in [3.8, 4) is 5.75 Å². The fraction of sp³-hybridized carbons (Fsp3) is 0.519. The number of hydrogen-bond donors (Lipinski definition) is 1. The van der Waals surface area contributed by atoms with Crippen LogP contribution < -0.4 is 10.1 Å². The third-order valence-corrected chi connectivity index (χ3v) is 6.36. The molecule has 32 heavy (non-hydrogen) atoms. The molecule has 1 saturated heterocycles. The summed E-state index contributed by atoms with van der Waals surface area (Å²) in [5, 5.41) is 3.21. The second-order valence-electron chi connectivity index (χ2n) is 9.82. The third-order valence-electron chi connectivity index (χ3n) is 6.36. The molecule has 174 valence electrons. The Kier molecular flexibility index (Phi) is 7.96. The summed E-state index contributed by atoms with van der Waals surface area (Å²) in [5.74, 6) is 0.983. The van der Waals surface area contributed by atoms with Gasteiger partial charge in [0.15, 0.2) is 0 Å². The lowest BCUT2D eigenvalue weighted by atomic mass is 9.91. The van der Waals surface area contributed by atoms with Crippen molar-refractivity contribution in [2.24, 2.45) is 0 Å². The number of carbonyl (C=O) groups excluding carboxylic acids is 1. The first-order valence-electron chi connectivity index (χ1n) is 11.5. The predicted octanol–water partition coefficient (Wildman–Crippen LogP) is 4.30. The van der Waals surface area contributed by atoms with Crippen LogP contribution in [0, 0.1) is 13.8 Å². The fourth-order valence-electron chi connectivity index (χ4n) is 4.47. The number of rotatable bonds is 9. The molecule has 3 rings (SSSR count). The highest BCUT2D eigenvalue weighted by Crippen LogP contribution is 2.28. The number of ether oxygens (including phenoxy) is 2. The highest BCUT2D eigenvalue weighted by atomic mass is 16.5. The number of benzene rings is 2. The van der Waals surface area contributed by atoms with Crippen LogP contribution in [0.4, 0.5) is 0 Å². The molecule has 5 nitrogen and oxygen atoms in total. The standard InChI is InChI=1S/C27H38N2O3/c1-21-11-12-24(22(2)17-21)32-20-27(31-5)13-15-29(16-14-27)19-25(30)28-26(3,4)18-23-9-7-6-8-10-23/h6-12,17H,13-16,18-20H2,1-5H3,(H,28,30). The topological polar surface area (TPSA) is 50.8 Å². The average Bonchev–Trinajstić information content (AvgIpc) is 2.74. The minimum Gasteiger partial charge on any atom is -0.490 e. The molecule has 0 radical (unpaired) electrons. The molecule has 0 unspecified atom stereocenters. The molecule has 0 spiro atoms. The molecule has 5 heteroatoms. The first-order valence-corrected chi connectivity index (χ1v) is 11.5. The number of nitrogens with zero attached hydrogens (tertiary/aromatic N) is 1. The Labute approximate surface area is 193 Å². The van der Waals surface area contributed by atoms with Gasteiger partial charge < -0.3 is 14.8 Å². The zero-order chi connectivity index (χ0) is 23.2. The summed E-state index contributed by atoms with van der Waals surface area (Å²) in [7, 11) is 1.76. The van der Waals surface area contributed by atoms with Gasteiger partial charge in [0, 0.05) is 25.7 Å². The van der Waals surface area contributed by atoms with Crippen molar-refractivity contribution in [2.45, 2.75) is 58.1 Å². The van der Waals surface area contributed by atoms with Gasteiger partial charge in [-0.2, -0.15) is 0 Å². The lowest BCUT2D eigenvalue weighted by Crippen LogP contribution is -2.53. The van der Waals surface area contributed by atoms with Crippen LogP contribution in [0.1, 0.15) is 43.4 Å². The summed E-state index contributed by atoms with van der Waals surface area (Å²) < 4.78 is 12.1. The Balaban J connectivity index is 1.47. The van der Waals surface area contributed by atoms with E-state index >= 15 is 0 Å². The number of carbonyl (C=O) groups is 1. The highest BCUT2D eigenvalue weighted by Gasteiger charge is 2.36. The van der Waals surface area contributed by atoms with E-state index in [9.17, 15) is 4.79 Å². The normalized spacial score (nSPS) is 16.5. The highest BCUT2D eigenvalue weighted by molar-refractivity contribution is 5.78. The van der Waals surface area contributed by atoms with Crippen LogP contribution in [-0.2, 0) is 16.0 Å². The minimum atomic E-state index is -0.309. The van der Waals surface area contributed by atoms with Crippen molar-refractivity contribution >= 4 is 5.91 Å². The maximum atomic E-state index is 12.7. The largest absolute Gasteiger partial charge is 0.490 e.